The Morgan fingerprint density at radius 2 is 2.09 bits per heavy atom. The second kappa shape index (κ2) is 6.13. The highest BCUT2D eigenvalue weighted by Crippen LogP contribution is 2.24. The third-order valence-corrected chi connectivity index (χ3v) is 4.88. The van der Waals surface area contributed by atoms with E-state index in [4.69, 9.17) is 5.14 Å². The molecule has 7 nitrogen and oxygen atoms in total. The predicted octanol–water partition coefficient (Wildman–Crippen LogP) is 0.827. The summed E-state index contributed by atoms with van der Waals surface area (Å²) in [5.74, 6) is -0.374. The van der Waals surface area contributed by atoms with Gasteiger partial charge in [-0.15, -0.1) is 0 Å². The first kappa shape index (κ1) is 15.7. The minimum absolute atomic E-state index is 0.0920. The Labute approximate surface area is 134 Å². The van der Waals surface area contributed by atoms with Crippen LogP contribution >= 0.6 is 0 Å². The molecule has 23 heavy (non-hydrogen) atoms. The maximum absolute atomic E-state index is 12.7. The lowest BCUT2D eigenvalue weighted by Gasteiger charge is -2.16. The predicted molar refractivity (Wildman–Crippen MR) is 86.0 cm³/mol. The number of carbonyl (C=O) groups is 1. The number of sulfonamides is 1. The molecule has 2 aromatic rings. The van der Waals surface area contributed by atoms with E-state index >= 15 is 0 Å². The van der Waals surface area contributed by atoms with Gasteiger partial charge in [-0.25, -0.2) is 18.5 Å². The highest BCUT2D eigenvalue weighted by molar-refractivity contribution is 7.89. The average molecular weight is 334 g/mol. The normalized spacial score (nSPS) is 18.3. The summed E-state index contributed by atoms with van der Waals surface area (Å²) in [7, 11) is -3.52. The number of nitrogens with two attached hydrogens (primary N) is 1. The number of imidazole rings is 1. The van der Waals surface area contributed by atoms with Crippen molar-refractivity contribution in [1.29, 1.82) is 0 Å². The Balaban J connectivity index is 1.77. The van der Waals surface area contributed by atoms with Gasteiger partial charge < -0.3 is 9.88 Å². The monoisotopic (exact) mass is 334 g/mol. The summed E-state index contributed by atoms with van der Waals surface area (Å²) in [6, 6.07) is 9.45. The quantitative estimate of drug-likeness (QED) is 0.863. The summed E-state index contributed by atoms with van der Waals surface area (Å²) in [5.41, 5.74) is 1.88. The van der Waals surface area contributed by atoms with Gasteiger partial charge >= 0.3 is 0 Å². The van der Waals surface area contributed by atoms with Crippen molar-refractivity contribution < 1.29 is 13.2 Å². The molecule has 0 unspecified atom stereocenters. The van der Waals surface area contributed by atoms with Gasteiger partial charge in [0.1, 0.15) is 11.4 Å². The number of H-pyrrole nitrogens is 1. The highest BCUT2D eigenvalue weighted by Gasteiger charge is 2.31. The molecule has 0 radical (unpaired) electrons. The summed E-state index contributed by atoms with van der Waals surface area (Å²) in [6.45, 7) is 0.911. The molecule has 3 N–H and O–H groups in total. The number of hydrogen-bond acceptors (Lipinski definition) is 4. The van der Waals surface area contributed by atoms with Gasteiger partial charge in [0.05, 0.1) is 12.1 Å². The zero-order chi connectivity index (χ0) is 16.4. The summed E-state index contributed by atoms with van der Waals surface area (Å²) in [5, 5.41) is 5.08. The molecule has 0 saturated carbocycles. The van der Waals surface area contributed by atoms with Crippen molar-refractivity contribution in [2.24, 2.45) is 11.1 Å². The number of aromatic amines is 1. The number of nitrogens with one attached hydrogen (secondary N) is 1. The number of rotatable bonds is 4. The van der Waals surface area contributed by atoms with Crippen molar-refractivity contribution in [1.82, 2.24) is 14.9 Å². The molecule has 1 atom stereocenters. The summed E-state index contributed by atoms with van der Waals surface area (Å²) in [6.07, 6.45) is 2.13. The number of nitrogens with zero attached hydrogens (tertiary/aromatic N) is 2. The fourth-order valence-electron chi connectivity index (χ4n) is 2.91. The lowest BCUT2D eigenvalue weighted by Crippen LogP contribution is -2.31. The van der Waals surface area contributed by atoms with Crippen molar-refractivity contribution in [3.63, 3.8) is 0 Å². The zero-order valence-corrected chi connectivity index (χ0v) is 13.3. The Morgan fingerprint density at radius 3 is 2.78 bits per heavy atom. The van der Waals surface area contributed by atoms with E-state index in [1.807, 2.05) is 30.3 Å². The van der Waals surface area contributed by atoms with Crippen LogP contribution in [-0.2, 0) is 10.0 Å². The molecule has 122 valence electrons. The van der Waals surface area contributed by atoms with Gasteiger partial charge in [-0.2, -0.15) is 0 Å². The van der Waals surface area contributed by atoms with Crippen LogP contribution in [0.1, 0.15) is 16.9 Å². The molecule has 1 aromatic carbocycles. The molecular formula is C15H18N4O3S. The Kier molecular flexibility index (Phi) is 4.18. The van der Waals surface area contributed by atoms with Gasteiger partial charge in [-0.3, -0.25) is 4.79 Å². The molecule has 0 bridgehead atoms. The van der Waals surface area contributed by atoms with E-state index in [1.54, 1.807) is 4.90 Å². The maximum Gasteiger partial charge on any atom is 0.272 e. The number of hydrogen-bond donors (Lipinski definition) is 2. The lowest BCUT2D eigenvalue weighted by atomic mass is 10.1. The van der Waals surface area contributed by atoms with Crippen LogP contribution in [0.5, 0.6) is 0 Å². The standard InChI is InChI=1S/C15H18N4O3S/c16-23(21,22)9-11-6-7-19(8-11)15(20)14-13(17-10-18-14)12-4-2-1-3-5-12/h1-5,10-11H,6-9H2,(H,17,18)(H2,16,21,22)/t11-/m1/s1. The van der Waals surface area contributed by atoms with Crippen LogP contribution in [0.3, 0.4) is 0 Å². The molecule has 1 saturated heterocycles. The van der Waals surface area contributed by atoms with Crippen molar-refractivity contribution in [3.8, 4) is 11.3 Å². The Morgan fingerprint density at radius 1 is 1.35 bits per heavy atom. The van der Waals surface area contributed by atoms with E-state index in [0.29, 0.717) is 30.9 Å². The molecular weight excluding hydrogens is 316 g/mol. The van der Waals surface area contributed by atoms with Crippen LogP contribution in [-0.4, -0.2) is 48.0 Å². The number of likely N-dealkylation sites (tertiary alicyclic amines) is 1. The van der Waals surface area contributed by atoms with Crippen LogP contribution in [0, 0.1) is 5.92 Å². The number of primary sulfonamides is 1. The maximum atomic E-state index is 12.7. The topological polar surface area (TPSA) is 109 Å². The Bertz CT molecular complexity index is 801. The van der Waals surface area contributed by atoms with Crippen molar-refractivity contribution in [2.45, 2.75) is 6.42 Å². The summed E-state index contributed by atoms with van der Waals surface area (Å²) in [4.78, 5) is 21.5. The summed E-state index contributed by atoms with van der Waals surface area (Å²) >= 11 is 0. The van der Waals surface area contributed by atoms with E-state index in [9.17, 15) is 13.2 Å². The van der Waals surface area contributed by atoms with Crippen LogP contribution in [0.15, 0.2) is 36.7 Å². The van der Waals surface area contributed by atoms with Crippen molar-refractivity contribution >= 4 is 15.9 Å². The molecule has 8 heteroatoms. The third-order valence-electron chi connectivity index (χ3n) is 3.94. The third kappa shape index (κ3) is 3.59. The van der Waals surface area contributed by atoms with Crippen molar-refractivity contribution in [2.75, 3.05) is 18.8 Å². The van der Waals surface area contributed by atoms with Gasteiger partial charge in [0, 0.05) is 18.7 Å². The molecule has 1 aliphatic heterocycles. The number of carbonyl (C=O) groups excluding carboxylic acids is 1. The van der Waals surface area contributed by atoms with E-state index in [-0.39, 0.29) is 17.6 Å². The molecule has 2 heterocycles. The first-order chi connectivity index (χ1) is 10.9. The fraction of sp³-hybridized carbons (Fsp3) is 0.333. The highest BCUT2D eigenvalue weighted by atomic mass is 32.2. The fourth-order valence-corrected chi connectivity index (χ4v) is 3.84. The first-order valence-corrected chi connectivity index (χ1v) is 9.04. The van der Waals surface area contributed by atoms with Crippen LogP contribution in [0.25, 0.3) is 11.3 Å². The molecule has 0 spiro atoms. The van der Waals surface area contributed by atoms with Crippen molar-refractivity contribution in [3.05, 3.63) is 42.4 Å². The second-order valence-electron chi connectivity index (χ2n) is 5.73. The smallest absolute Gasteiger partial charge is 0.272 e. The Hall–Kier alpha value is -2.19. The van der Waals surface area contributed by atoms with E-state index in [0.717, 1.165) is 5.56 Å². The minimum atomic E-state index is -3.52. The number of amides is 1. The average Bonchev–Trinajstić information content (AvgIpc) is 3.15. The molecule has 1 aromatic heterocycles. The first-order valence-electron chi connectivity index (χ1n) is 7.32. The minimum Gasteiger partial charge on any atom is -0.340 e. The zero-order valence-electron chi connectivity index (χ0n) is 12.5. The second-order valence-corrected chi connectivity index (χ2v) is 7.39. The number of aromatic nitrogens is 2. The van der Waals surface area contributed by atoms with E-state index < -0.39 is 10.0 Å². The molecule has 1 amide bonds. The number of benzene rings is 1. The van der Waals surface area contributed by atoms with Gasteiger partial charge in [-0.1, -0.05) is 30.3 Å². The molecule has 3 rings (SSSR count). The van der Waals surface area contributed by atoms with Crippen LogP contribution in [0.4, 0.5) is 0 Å². The van der Waals surface area contributed by atoms with E-state index in [1.165, 1.54) is 6.33 Å². The molecule has 1 aliphatic rings. The lowest BCUT2D eigenvalue weighted by molar-refractivity contribution is 0.0784. The molecule has 0 aliphatic carbocycles. The van der Waals surface area contributed by atoms with Gasteiger partial charge in [0.25, 0.3) is 5.91 Å². The molecule has 1 fully saturated rings. The SMILES string of the molecule is NS(=O)(=O)C[C@@H]1CCN(C(=O)c2[nH]cnc2-c2ccccc2)C1. The van der Waals surface area contributed by atoms with E-state index in [2.05, 4.69) is 9.97 Å². The van der Waals surface area contributed by atoms with Gasteiger partial charge in [0.15, 0.2) is 0 Å². The van der Waals surface area contributed by atoms with Crippen LogP contribution in [0.2, 0.25) is 0 Å². The largest absolute Gasteiger partial charge is 0.340 e. The van der Waals surface area contributed by atoms with Gasteiger partial charge in [-0.05, 0) is 12.3 Å². The van der Waals surface area contributed by atoms with Crippen LogP contribution < -0.4 is 5.14 Å². The van der Waals surface area contributed by atoms with Gasteiger partial charge in [0.2, 0.25) is 10.0 Å². The summed E-state index contributed by atoms with van der Waals surface area (Å²) < 4.78 is 22.4.